The summed E-state index contributed by atoms with van der Waals surface area (Å²) in [7, 11) is -4.32. The highest BCUT2D eigenvalue weighted by Crippen LogP contribution is 2.52. The fourth-order valence-electron chi connectivity index (χ4n) is 9.48. The number of carbonyl (C=O) groups is 1. The molecule has 316 valence electrons. The smallest absolute Gasteiger partial charge is 0.192 e. The van der Waals surface area contributed by atoms with Crippen LogP contribution in [0.5, 0.6) is 0 Å². The Labute approximate surface area is 337 Å². The molecule has 10 heteroatoms. The van der Waals surface area contributed by atoms with E-state index in [1.807, 2.05) is 12.2 Å². The molecular formula is C45H80O8Si2. The summed E-state index contributed by atoms with van der Waals surface area (Å²) in [6.07, 6.45) is 14.9. The van der Waals surface area contributed by atoms with Gasteiger partial charge >= 0.3 is 0 Å². The number of aldehydes is 1. The molecule has 0 saturated carbocycles. The van der Waals surface area contributed by atoms with E-state index >= 15 is 0 Å². The maximum atomic E-state index is 11.4. The van der Waals surface area contributed by atoms with Gasteiger partial charge < -0.3 is 37.3 Å². The molecule has 55 heavy (non-hydrogen) atoms. The third-order valence-corrected chi connectivity index (χ3v) is 24.2. The zero-order valence-electron chi connectivity index (χ0n) is 37.3. The molecule has 5 aliphatic rings. The highest BCUT2D eigenvalue weighted by atomic mass is 28.4. The van der Waals surface area contributed by atoms with Crippen molar-refractivity contribution in [1.29, 1.82) is 0 Å². The summed E-state index contributed by atoms with van der Waals surface area (Å²) in [5.74, 6) is 0.283. The molecule has 5 rings (SSSR count). The predicted molar refractivity (Wildman–Crippen MR) is 227 cm³/mol. The maximum Gasteiger partial charge on any atom is 0.192 e. The Hall–Kier alpha value is -0.696. The van der Waals surface area contributed by atoms with E-state index in [-0.39, 0.29) is 70.9 Å². The largest absolute Gasteiger partial charge is 0.411 e. The van der Waals surface area contributed by atoms with Gasteiger partial charge in [0.05, 0.1) is 65.6 Å². The van der Waals surface area contributed by atoms with Crippen LogP contribution in [0.4, 0.5) is 0 Å². The van der Waals surface area contributed by atoms with Crippen molar-refractivity contribution in [3.63, 3.8) is 0 Å². The molecule has 0 aromatic heterocycles. The lowest BCUT2D eigenvalue weighted by atomic mass is 9.79. The molecule has 0 aromatic rings. The minimum absolute atomic E-state index is 0.0110. The van der Waals surface area contributed by atoms with Gasteiger partial charge in [-0.2, -0.15) is 0 Å². The number of hydrogen-bond acceptors (Lipinski definition) is 8. The quantitative estimate of drug-likeness (QED) is 0.116. The van der Waals surface area contributed by atoms with Crippen LogP contribution in [-0.4, -0.2) is 94.7 Å². The Morgan fingerprint density at radius 1 is 0.782 bits per heavy atom. The molecule has 5 saturated heterocycles. The van der Waals surface area contributed by atoms with E-state index in [2.05, 4.69) is 108 Å². The van der Waals surface area contributed by atoms with Crippen LogP contribution in [0.15, 0.2) is 24.8 Å². The van der Waals surface area contributed by atoms with Crippen molar-refractivity contribution < 1.29 is 37.3 Å². The van der Waals surface area contributed by atoms with Gasteiger partial charge in [0.1, 0.15) is 12.4 Å². The summed E-state index contributed by atoms with van der Waals surface area (Å²) < 4.78 is 51.0. The van der Waals surface area contributed by atoms with Gasteiger partial charge in [0, 0.05) is 19.3 Å². The molecule has 0 bridgehead atoms. The van der Waals surface area contributed by atoms with E-state index in [9.17, 15) is 4.79 Å². The van der Waals surface area contributed by atoms with Gasteiger partial charge in [-0.1, -0.05) is 73.3 Å². The average Bonchev–Trinajstić information content (AvgIpc) is 3.32. The zero-order valence-corrected chi connectivity index (χ0v) is 39.3. The van der Waals surface area contributed by atoms with Gasteiger partial charge in [-0.05, 0) is 114 Å². The fourth-order valence-corrected chi connectivity index (χ4v) is 12.5. The van der Waals surface area contributed by atoms with Gasteiger partial charge in [0.2, 0.25) is 0 Å². The number of hydrogen-bond donors (Lipinski definition) is 0. The third-order valence-electron chi connectivity index (χ3n) is 15.1. The fraction of sp³-hybridized carbons (Fsp3) is 0.889. The summed E-state index contributed by atoms with van der Waals surface area (Å²) >= 11 is 0. The molecule has 5 heterocycles. The Morgan fingerprint density at radius 3 is 2.04 bits per heavy atom. The minimum Gasteiger partial charge on any atom is -0.411 e. The molecule has 0 radical (unpaired) electrons. The first-order chi connectivity index (χ1) is 25.4. The van der Waals surface area contributed by atoms with Crippen LogP contribution < -0.4 is 0 Å². The second-order valence-electron chi connectivity index (χ2n) is 21.7. The van der Waals surface area contributed by atoms with Gasteiger partial charge in [0.15, 0.2) is 16.6 Å². The second-order valence-corrected chi connectivity index (χ2v) is 31.1. The van der Waals surface area contributed by atoms with Crippen LogP contribution in [0.2, 0.25) is 36.3 Å². The maximum absolute atomic E-state index is 11.4. The second kappa shape index (κ2) is 16.8. The molecule has 5 fully saturated rings. The number of rotatable bonds is 11. The number of allylic oxidation sites excluding steroid dienone is 3. The lowest BCUT2D eigenvalue weighted by Crippen LogP contribution is -2.60. The standard InChI is InChI=1S/C45H80O8Si2/c1-16-17-18-19-22-37-44(10,53-55(14,15)42(6,7)8)26-24-34-33(47-37)23-25-43(9)39(48-34)29-35-40(51-43)36(52-54(12,13)41(3,4)5)30-45(11)38(49-35)28-31(2)32(50-45)21-20-27-46/h16-18,27,31-40H,1,19-26,28-30H2,2-15H3/b18-17-/t31-,32-,33-,34+,35+,36-,37+,38-,39-,40+,43+,44-,45+/m0/s1. The molecule has 8 nitrogen and oxygen atoms in total. The first-order valence-corrected chi connectivity index (χ1v) is 27.6. The molecule has 0 spiro atoms. The lowest BCUT2D eigenvalue weighted by molar-refractivity contribution is -0.272. The molecular weight excluding hydrogens is 725 g/mol. The van der Waals surface area contributed by atoms with Crippen molar-refractivity contribution in [3.8, 4) is 0 Å². The van der Waals surface area contributed by atoms with E-state index < -0.39 is 33.4 Å². The normalized spacial score (nSPS) is 41.9. The van der Waals surface area contributed by atoms with Crippen LogP contribution in [-0.2, 0) is 37.3 Å². The lowest BCUT2D eigenvalue weighted by Gasteiger charge is -2.50. The number of carbonyl (C=O) groups excluding carboxylic acids is 1. The number of ether oxygens (including phenoxy) is 5. The SMILES string of the molecule is C=C/C=C\CC[C@H]1O[C@H]2CC[C@@]3(C)O[C@H]4[C@@H](O[Si](C)(C)C(C)(C)C)C[C@@]5(C)O[C@@H](CCC=O)[C@@H](C)C[C@@H]5O[C@@H]4C[C@@H]3O[C@@H]2CC[C@]1(C)O[Si](C)(C)C(C)(C)C. The van der Waals surface area contributed by atoms with Crippen molar-refractivity contribution >= 4 is 22.9 Å². The molecule has 13 atom stereocenters. The highest BCUT2D eigenvalue weighted by molar-refractivity contribution is 6.74. The minimum atomic E-state index is -2.22. The summed E-state index contributed by atoms with van der Waals surface area (Å²) in [5, 5.41) is 0.121. The van der Waals surface area contributed by atoms with Crippen LogP contribution in [0.3, 0.4) is 0 Å². The van der Waals surface area contributed by atoms with E-state index in [1.165, 1.54) is 0 Å². The first kappa shape index (κ1) is 45.4. The molecule has 0 amide bonds. The van der Waals surface area contributed by atoms with Crippen LogP contribution >= 0.6 is 0 Å². The van der Waals surface area contributed by atoms with E-state index in [0.29, 0.717) is 12.8 Å². The molecule has 0 aliphatic carbocycles. The van der Waals surface area contributed by atoms with Crippen molar-refractivity contribution in [2.24, 2.45) is 5.92 Å². The summed E-state index contributed by atoms with van der Waals surface area (Å²) in [4.78, 5) is 11.4. The van der Waals surface area contributed by atoms with E-state index in [0.717, 1.165) is 64.1 Å². The Morgan fingerprint density at radius 2 is 1.40 bits per heavy atom. The average molecular weight is 805 g/mol. The zero-order chi connectivity index (χ0) is 40.8. The number of fused-ring (bicyclic) bond motifs is 4. The van der Waals surface area contributed by atoms with Gasteiger partial charge in [0.25, 0.3) is 0 Å². The molecule has 0 unspecified atom stereocenters. The monoisotopic (exact) mass is 805 g/mol. The topological polar surface area (TPSA) is 81.7 Å². The van der Waals surface area contributed by atoms with Crippen LogP contribution in [0.25, 0.3) is 0 Å². The molecule has 5 aliphatic heterocycles. The van der Waals surface area contributed by atoms with E-state index in [1.54, 1.807) is 0 Å². The third kappa shape index (κ3) is 9.86. The Bertz CT molecular complexity index is 1350. The molecule has 0 aromatic carbocycles. The van der Waals surface area contributed by atoms with Gasteiger partial charge in [-0.3, -0.25) is 0 Å². The Balaban J connectivity index is 1.44. The highest BCUT2D eigenvalue weighted by Gasteiger charge is 2.60. The summed E-state index contributed by atoms with van der Waals surface area (Å²) in [6, 6.07) is 0. The van der Waals surface area contributed by atoms with Gasteiger partial charge in [-0.25, -0.2) is 0 Å². The van der Waals surface area contributed by atoms with Crippen LogP contribution in [0.1, 0.15) is 140 Å². The summed E-state index contributed by atoms with van der Waals surface area (Å²) in [5.41, 5.74) is -1.49. The van der Waals surface area contributed by atoms with Crippen molar-refractivity contribution in [2.45, 2.75) is 248 Å². The Kier molecular flexibility index (Phi) is 13.8. The van der Waals surface area contributed by atoms with E-state index in [4.69, 9.17) is 32.5 Å². The predicted octanol–water partition coefficient (Wildman–Crippen LogP) is 10.6. The van der Waals surface area contributed by atoms with Crippen LogP contribution in [0, 0.1) is 5.92 Å². The summed E-state index contributed by atoms with van der Waals surface area (Å²) in [6.45, 7) is 36.1. The van der Waals surface area contributed by atoms with Gasteiger partial charge in [-0.15, -0.1) is 0 Å². The molecule has 0 N–H and O–H groups in total. The van der Waals surface area contributed by atoms with Crippen molar-refractivity contribution in [1.82, 2.24) is 0 Å². The van der Waals surface area contributed by atoms with Crippen molar-refractivity contribution in [2.75, 3.05) is 0 Å². The van der Waals surface area contributed by atoms with Crippen molar-refractivity contribution in [3.05, 3.63) is 24.8 Å². The first-order valence-electron chi connectivity index (χ1n) is 21.8.